The molecule has 2 aromatic heterocycles. The van der Waals surface area contributed by atoms with Crippen molar-refractivity contribution >= 4 is 23.3 Å². The largest absolute Gasteiger partial charge is 0.462 e. The van der Waals surface area contributed by atoms with Gasteiger partial charge in [-0.05, 0) is 31.0 Å². The van der Waals surface area contributed by atoms with E-state index in [1.165, 1.54) is 0 Å². The van der Waals surface area contributed by atoms with Crippen molar-refractivity contribution in [2.75, 3.05) is 44.4 Å². The van der Waals surface area contributed by atoms with Crippen LogP contribution < -0.4 is 4.90 Å². The molecule has 0 bridgehead atoms. The van der Waals surface area contributed by atoms with E-state index in [0.29, 0.717) is 43.9 Å². The molecule has 1 aliphatic rings. The smallest absolute Gasteiger partial charge is 0.341 e. The summed E-state index contributed by atoms with van der Waals surface area (Å²) in [4.78, 5) is 29.2. The van der Waals surface area contributed by atoms with Crippen molar-refractivity contribution in [1.82, 2.24) is 9.61 Å². The molecule has 0 spiro atoms. The van der Waals surface area contributed by atoms with Gasteiger partial charge in [-0.3, -0.25) is 0 Å². The van der Waals surface area contributed by atoms with Gasteiger partial charge in [-0.25, -0.2) is 14.1 Å². The molecule has 0 saturated carbocycles. The van der Waals surface area contributed by atoms with E-state index < -0.39 is 11.9 Å². The quantitative estimate of drug-likeness (QED) is 0.314. The normalized spacial score (nSPS) is 13.5. The second kappa shape index (κ2) is 11.5. The number of carbonyl (C=O) groups is 2. The third kappa shape index (κ3) is 4.99. The SMILES string of the molecule is CCOC(=O)c1c(C(=O)OCC)c2c(-c3ccccc3)cc(N3CCOCC3)nn2c1Cc1ccccc1. The molecule has 8 nitrogen and oxygen atoms in total. The van der Waals surface area contributed by atoms with Gasteiger partial charge in [-0.15, -0.1) is 5.10 Å². The highest BCUT2D eigenvalue weighted by Crippen LogP contribution is 2.36. The number of morpholine rings is 1. The highest BCUT2D eigenvalue weighted by Gasteiger charge is 2.33. The molecule has 1 aliphatic heterocycles. The standard InChI is InChI=1S/C30H31N3O5/c1-3-37-29(34)26-24(19-21-11-7-5-8-12-21)33-28(27(26)30(35)38-4-2)23(22-13-9-6-10-14-22)20-25(31-33)32-15-17-36-18-16-32/h5-14,20H,3-4,15-19H2,1-2H3. The van der Waals surface area contributed by atoms with Crippen molar-refractivity contribution in [3.63, 3.8) is 0 Å². The molecule has 8 heteroatoms. The molecule has 0 radical (unpaired) electrons. The molecule has 1 fully saturated rings. The molecule has 3 heterocycles. The molecule has 0 amide bonds. The van der Waals surface area contributed by atoms with Crippen molar-refractivity contribution in [2.45, 2.75) is 20.3 Å². The van der Waals surface area contributed by atoms with E-state index in [-0.39, 0.29) is 24.3 Å². The summed E-state index contributed by atoms with van der Waals surface area (Å²) in [5.41, 5.74) is 4.15. The predicted octanol–water partition coefficient (Wildman–Crippen LogP) is 4.78. The molecule has 2 aromatic carbocycles. The number of fused-ring (bicyclic) bond motifs is 1. The first-order chi connectivity index (χ1) is 18.6. The highest BCUT2D eigenvalue weighted by molar-refractivity contribution is 6.12. The minimum Gasteiger partial charge on any atom is -0.462 e. The molecule has 0 atom stereocenters. The first-order valence-electron chi connectivity index (χ1n) is 13.0. The Kier molecular flexibility index (Phi) is 7.70. The van der Waals surface area contributed by atoms with Gasteiger partial charge >= 0.3 is 11.9 Å². The number of nitrogens with zero attached hydrogens (tertiary/aromatic N) is 3. The Hall–Kier alpha value is -4.17. The van der Waals surface area contributed by atoms with Gasteiger partial charge in [0.05, 0.1) is 43.2 Å². The fourth-order valence-electron chi connectivity index (χ4n) is 4.86. The summed E-state index contributed by atoms with van der Waals surface area (Å²) in [6, 6.07) is 21.6. The van der Waals surface area contributed by atoms with E-state index in [1.807, 2.05) is 66.7 Å². The van der Waals surface area contributed by atoms with E-state index in [0.717, 1.165) is 22.5 Å². The van der Waals surface area contributed by atoms with Gasteiger partial charge in [-0.1, -0.05) is 60.7 Å². The Morgan fingerprint density at radius 2 is 1.47 bits per heavy atom. The van der Waals surface area contributed by atoms with Crippen LogP contribution in [0, 0.1) is 0 Å². The fourth-order valence-corrected chi connectivity index (χ4v) is 4.86. The van der Waals surface area contributed by atoms with Gasteiger partial charge in [0.1, 0.15) is 11.4 Å². The van der Waals surface area contributed by atoms with Crippen molar-refractivity contribution in [1.29, 1.82) is 0 Å². The topological polar surface area (TPSA) is 82.4 Å². The minimum absolute atomic E-state index is 0.173. The first kappa shape index (κ1) is 25.5. The molecule has 0 aliphatic carbocycles. The second-order valence-electron chi connectivity index (χ2n) is 8.94. The first-order valence-corrected chi connectivity index (χ1v) is 13.0. The molecule has 0 unspecified atom stereocenters. The monoisotopic (exact) mass is 513 g/mol. The number of rotatable bonds is 8. The van der Waals surface area contributed by atoms with Crippen LogP contribution in [-0.4, -0.2) is 61.1 Å². The summed E-state index contributed by atoms with van der Waals surface area (Å²) in [5, 5.41) is 5.02. The fraction of sp³-hybridized carbons (Fsp3) is 0.300. The van der Waals surface area contributed by atoms with E-state index in [4.69, 9.17) is 19.3 Å². The molecular formula is C30H31N3O5. The van der Waals surface area contributed by atoms with E-state index in [9.17, 15) is 9.59 Å². The van der Waals surface area contributed by atoms with Gasteiger partial charge < -0.3 is 19.1 Å². The van der Waals surface area contributed by atoms with Crippen LogP contribution in [0.2, 0.25) is 0 Å². The highest BCUT2D eigenvalue weighted by atomic mass is 16.5. The lowest BCUT2D eigenvalue weighted by Crippen LogP contribution is -2.37. The van der Waals surface area contributed by atoms with Crippen molar-refractivity contribution < 1.29 is 23.8 Å². The van der Waals surface area contributed by atoms with Crippen LogP contribution in [0.3, 0.4) is 0 Å². The maximum Gasteiger partial charge on any atom is 0.341 e. The lowest BCUT2D eigenvalue weighted by atomic mass is 10.0. The second-order valence-corrected chi connectivity index (χ2v) is 8.94. The number of ether oxygens (including phenoxy) is 3. The third-order valence-corrected chi connectivity index (χ3v) is 6.57. The number of esters is 2. The third-order valence-electron chi connectivity index (χ3n) is 6.57. The molecule has 196 valence electrons. The van der Waals surface area contributed by atoms with E-state index >= 15 is 0 Å². The zero-order valence-electron chi connectivity index (χ0n) is 21.7. The molecule has 38 heavy (non-hydrogen) atoms. The van der Waals surface area contributed by atoms with E-state index in [2.05, 4.69) is 4.90 Å². The molecule has 0 N–H and O–H groups in total. The average molecular weight is 514 g/mol. The van der Waals surface area contributed by atoms with Crippen molar-refractivity contribution in [3.8, 4) is 11.1 Å². The van der Waals surface area contributed by atoms with Gasteiger partial charge in [0, 0.05) is 25.1 Å². The van der Waals surface area contributed by atoms with Gasteiger partial charge in [0.15, 0.2) is 0 Å². The number of anilines is 1. The molecular weight excluding hydrogens is 482 g/mol. The molecule has 4 aromatic rings. The Morgan fingerprint density at radius 1 is 0.868 bits per heavy atom. The predicted molar refractivity (Wildman–Crippen MR) is 145 cm³/mol. The van der Waals surface area contributed by atoms with Crippen LogP contribution in [0.25, 0.3) is 16.6 Å². The number of hydrogen-bond acceptors (Lipinski definition) is 7. The van der Waals surface area contributed by atoms with Crippen molar-refractivity contribution in [3.05, 3.63) is 89.1 Å². The van der Waals surface area contributed by atoms with E-state index in [1.54, 1.807) is 18.4 Å². The van der Waals surface area contributed by atoms with Crippen LogP contribution in [-0.2, 0) is 20.6 Å². The van der Waals surface area contributed by atoms with Gasteiger partial charge in [-0.2, -0.15) is 0 Å². The number of benzene rings is 2. The van der Waals surface area contributed by atoms with Crippen LogP contribution in [0.15, 0.2) is 66.7 Å². The molecule has 5 rings (SSSR count). The average Bonchev–Trinajstić information content (AvgIpc) is 3.28. The summed E-state index contributed by atoms with van der Waals surface area (Å²) in [7, 11) is 0. The minimum atomic E-state index is -0.578. The summed E-state index contributed by atoms with van der Waals surface area (Å²) in [5.74, 6) is -0.404. The molecule has 1 saturated heterocycles. The summed E-state index contributed by atoms with van der Waals surface area (Å²) in [6.07, 6.45) is 0.378. The lowest BCUT2D eigenvalue weighted by Gasteiger charge is -2.28. The maximum atomic E-state index is 13.5. The summed E-state index contributed by atoms with van der Waals surface area (Å²) >= 11 is 0. The number of hydrogen-bond donors (Lipinski definition) is 0. The zero-order valence-corrected chi connectivity index (χ0v) is 21.7. The Bertz CT molecular complexity index is 1430. The number of aromatic nitrogens is 2. The van der Waals surface area contributed by atoms with Crippen molar-refractivity contribution in [2.24, 2.45) is 0 Å². The Balaban J connectivity index is 1.87. The van der Waals surface area contributed by atoms with Gasteiger partial charge in [0.25, 0.3) is 0 Å². The Morgan fingerprint density at radius 3 is 2.11 bits per heavy atom. The summed E-state index contributed by atoms with van der Waals surface area (Å²) < 4.78 is 18.3. The lowest BCUT2D eigenvalue weighted by molar-refractivity contribution is 0.0481. The van der Waals surface area contributed by atoms with Gasteiger partial charge in [0.2, 0.25) is 0 Å². The maximum absolute atomic E-state index is 13.5. The zero-order chi connectivity index (χ0) is 26.5. The van der Waals surface area contributed by atoms with Crippen LogP contribution >= 0.6 is 0 Å². The van der Waals surface area contributed by atoms with Crippen LogP contribution in [0.5, 0.6) is 0 Å². The Labute approximate surface area is 221 Å². The van der Waals surface area contributed by atoms with Crippen LogP contribution in [0.1, 0.15) is 45.8 Å². The van der Waals surface area contributed by atoms with Crippen LogP contribution in [0.4, 0.5) is 5.82 Å². The number of carbonyl (C=O) groups excluding carboxylic acids is 2. The summed E-state index contributed by atoms with van der Waals surface area (Å²) in [6.45, 7) is 6.43.